The molecule has 0 heterocycles. The predicted molar refractivity (Wildman–Crippen MR) is 123 cm³/mol. The van der Waals surface area contributed by atoms with Crippen LogP contribution in [0.2, 0.25) is 5.02 Å². The molecule has 0 saturated heterocycles. The maximum absolute atomic E-state index is 13.1. The number of carbonyl (C=O) groups is 2. The van der Waals surface area contributed by atoms with Crippen LogP contribution < -0.4 is 10.1 Å². The van der Waals surface area contributed by atoms with Crippen molar-refractivity contribution in [2.75, 3.05) is 13.2 Å². The molecular formula is C26H28ClNO4. The van der Waals surface area contributed by atoms with Crippen molar-refractivity contribution in [2.24, 2.45) is 23.2 Å². The number of rotatable bonds is 7. The van der Waals surface area contributed by atoms with Crippen LogP contribution in [0.25, 0.3) is 11.1 Å². The molecule has 5 nitrogen and oxygen atoms in total. The van der Waals surface area contributed by atoms with Crippen LogP contribution in [0, 0.1) is 23.2 Å². The fourth-order valence-electron chi connectivity index (χ4n) is 6.66. The van der Waals surface area contributed by atoms with E-state index in [9.17, 15) is 9.59 Å². The molecule has 4 aliphatic rings. The van der Waals surface area contributed by atoms with Crippen molar-refractivity contribution in [3.8, 4) is 16.9 Å². The fraction of sp³-hybridized carbons (Fsp3) is 0.462. The Morgan fingerprint density at radius 2 is 1.66 bits per heavy atom. The lowest BCUT2D eigenvalue weighted by Gasteiger charge is -2.56. The number of benzene rings is 2. The molecule has 4 saturated carbocycles. The zero-order valence-electron chi connectivity index (χ0n) is 18.0. The van der Waals surface area contributed by atoms with Crippen molar-refractivity contribution in [3.63, 3.8) is 0 Å². The molecule has 0 atom stereocenters. The van der Waals surface area contributed by atoms with E-state index in [0.29, 0.717) is 16.3 Å². The second-order valence-electron chi connectivity index (χ2n) is 10.0. The first-order valence-electron chi connectivity index (χ1n) is 11.4. The number of aliphatic carboxylic acids is 1. The molecule has 2 aromatic rings. The number of carboxylic acids is 1. The normalized spacial score (nSPS) is 27.8. The van der Waals surface area contributed by atoms with Crippen molar-refractivity contribution in [3.05, 3.63) is 53.1 Å². The third-order valence-corrected chi connectivity index (χ3v) is 7.86. The van der Waals surface area contributed by atoms with Gasteiger partial charge in [-0.3, -0.25) is 4.79 Å². The molecule has 4 fully saturated rings. The molecular weight excluding hydrogens is 426 g/mol. The Bertz CT molecular complexity index is 1010. The van der Waals surface area contributed by atoms with Crippen LogP contribution in [0.1, 0.15) is 48.9 Å². The molecule has 0 radical (unpaired) electrons. The van der Waals surface area contributed by atoms with Gasteiger partial charge in [-0.25, -0.2) is 4.79 Å². The van der Waals surface area contributed by atoms with E-state index in [0.717, 1.165) is 35.4 Å². The lowest BCUT2D eigenvalue weighted by atomic mass is 9.49. The summed E-state index contributed by atoms with van der Waals surface area (Å²) < 4.78 is 5.28. The standard InChI is InChI=1S/C26H28ClNO4/c27-23-5-4-20(19-2-1-3-21(9-19)32-14-24(29)30)10-22(23)25(31)28-15-26-11-16-6-17(12-26)8-18(7-16)13-26/h1-5,9-10,16-18H,6-8,11-15H2,(H,28,31)(H,29,30). The minimum atomic E-state index is -1.03. The lowest BCUT2D eigenvalue weighted by Crippen LogP contribution is -2.51. The van der Waals surface area contributed by atoms with Gasteiger partial charge in [-0.15, -0.1) is 0 Å². The number of ether oxygens (including phenoxy) is 1. The average molecular weight is 454 g/mol. The highest BCUT2D eigenvalue weighted by atomic mass is 35.5. The van der Waals surface area contributed by atoms with E-state index in [1.54, 1.807) is 30.3 Å². The highest BCUT2D eigenvalue weighted by Crippen LogP contribution is 2.59. The summed E-state index contributed by atoms with van der Waals surface area (Å²) in [7, 11) is 0. The molecule has 0 aromatic heterocycles. The van der Waals surface area contributed by atoms with Gasteiger partial charge in [0.05, 0.1) is 10.6 Å². The zero-order valence-corrected chi connectivity index (χ0v) is 18.7. The fourth-order valence-corrected chi connectivity index (χ4v) is 6.86. The summed E-state index contributed by atoms with van der Waals surface area (Å²) >= 11 is 6.40. The smallest absolute Gasteiger partial charge is 0.341 e. The largest absolute Gasteiger partial charge is 0.482 e. The first-order valence-corrected chi connectivity index (χ1v) is 11.8. The second-order valence-corrected chi connectivity index (χ2v) is 10.4. The van der Waals surface area contributed by atoms with Crippen molar-refractivity contribution in [2.45, 2.75) is 38.5 Å². The topological polar surface area (TPSA) is 75.6 Å². The summed E-state index contributed by atoms with van der Waals surface area (Å²) in [5.41, 5.74) is 2.39. The molecule has 6 heteroatoms. The van der Waals surface area contributed by atoms with E-state index in [2.05, 4.69) is 5.32 Å². The number of amides is 1. The number of hydrogen-bond acceptors (Lipinski definition) is 3. The van der Waals surface area contributed by atoms with Crippen LogP contribution in [0.4, 0.5) is 0 Å². The summed E-state index contributed by atoms with van der Waals surface area (Å²) in [5.74, 6) is 1.85. The van der Waals surface area contributed by atoms with Crippen LogP contribution in [0.5, 0.6) is 5.75 Å². The number of carboxylic acid groups (broad SMARTS) is 1. The van der Waals surface area contributed by atoms with Crippen LogP contribution in [0.3, 0.4) is 0 Å². The summed E-state index contributed by atoms with van der Waals surface area (Å²) in [6.07, 6.45) is 7.89. The van der Waals surface area contributed by atoms with Crippen molar-refractivity contribution >= 4 is 23.5 Å². The Kier molecular flexibility index (Phi) is 5.62. The molecule has 0 unspecified atom stereocenters. The van der Waals surface area contributed by atoms with E-state index >= 15 is 0 Å². The quantitative estimate of drug-likeness (QED) is 0.587. The Labute approximate surface area is 193 Å². The Balaban J connectivity index is 1.30. The van der Waals surface area contributed by atoms with Gasteiger partial charge in [0.2, 0.25) is 0 Å². The molecule has 4 bridgehead atoms. The molecule has 168 valence electrons. The number of nitrogens with one attached hydrogen (secondary N) is 1. The number of carbonyl (C=O) groups excluding carboxylic acids is 1. The van der Waals surface area contributed by atoms with Gasteiger partial charge >= 0.3 is 5.97 Å². The van der Waals surface area contributed by atoms with E-state index in [-0.39, 0.29) is 11.3 Å². The zero-order chi connectivity index (χ0) is 22.3. The second kappa shape index (κ2) is 8.43. The Hall–Kier alpha value is -2.53. The summed E-state index contributed by atoms with van der Waals surface area (Å²) in [6.45, 7) is 0.330. The third-order valence-electron chi connectivity index (χ3n) is 7.53. The van der Waals surface area contributed by atoms with Gasteiger partial charge in [0, 0.05) is 6.54 Å². The van der Waals surface area contributed by atoms with Gasteiger partial charge in [0.1, 0.15) is 5.75 Å². The molecule has 0 spiro atoms. The van der Waals surface area contributed by atoms with Gasteiger partial charge in [0.15, 0.2) is 6.61 Å². The van der Waals surface area contributed by atoms with Crippen LogP contribution in [-0.2, 0) is 4.79 Å². The maximum Gasteiger partial charge on any atom is 0.341 e. The third kappa shape index (κ3) is 4.36. The first kappa shape index (κ1) is 21.3. The van der Waals surface area contributed by atoms with Crippen molar-refractivity contribution in [1.29, 1.82) is 0 Å². The van der Waals surface area contributed by atoms with E-state index in [1.165, 1.54) is 38.5 Å². The minimum Gasteiger partial charge on any atom is -0.482 e. The molecule has 32 heavy (non-hydrogen) atoms. The minimum absolute atomic E-state index is 0.133. The van der Waals surface area contributed by atoms with E-state index in [4.69, 9.17) is 21.4 Å². The maximum atomic E-state index is 13.1. The molecule has 2 N–H and O–H groups in total. The average Bonchev–Trinajstić information content (AvgIpc) is 2.76. The van der Waals surface area contributed by atoms with Gasteiger partial charge in [-0.2, -0.15) is 0 Å². The Morgan fingerprint density at radius 1 is 1.00 bits per heavy atom. The lowest BCUT2D eigenvalue weighted by molar-refractivity contribution is -0.139. The molecule has 0 aliphatic heterocycles. The molecule has 1 amide bonds. The molecule has 6 rings (SSSR count). The highest BCUT2D eigenvalue weighted by Gasteiger charge is 2.50. The monoisotopic (exact) mass is 453 g/mol. The van der Waals surface area contributed by atoms with Crippen LogP contribution in [0.15, 0.2) is 42.5 Å². The van der Waals surface area contributed by atoms with Crippen LogP contribution in [-0.4, -0.2) is 30.1 Å². The van der Waals surface area contributed by atoms with E-state index in [1.807, 2.05) is 12.1 Å². The summed E-state index contributed by atoms with van der Waals surface area (Å²) in [5, 5.41) is 12.5. The van der Waals surface area contributed by atoms with Gasteiger partial charge in [-0.1, -0.05) is 29.8 Å². The predicted octanol–water partition coefficient (Wildman–Crippen LogP) is 5.42. The van der Waals surface area contributed by atoms with Crippen molar-refractivity contribution in [1.82, 2.24) is 5.32 Å². The SMILES string of the molecule is O=C(O)COc1cccc(-c2ccc(Cl)c(C(=O)NCC34CC5CC(CC(C5)C3)C4)c2)c1. The molecule has 4 aliphatic carbocycles. The van der Waals surface area contributed by atoms with Gasteiger partial charge < -0.3 is 15.2 Å². The highest BCUT2D eigenvalue weighted by molar-refractivity contribution is 6.34. The van der Waals surface area contributed by atoms with E-state index < -0.39 is 12.6 Å². The number of halogens is 1. The number of hydrogen-bond donors (Lipinski definition) is 2. The summed E-state index contributed by atoms with van der Waals surface area (Å²) in [4.78, 5) is 23.9. The molecule has 2 aromatic carbocycles. The van der Waals surface area contributed by atoms with Crippen molar-refractivity contribution < 1.29 is 19.4 Å². The van der Waals surface area contributed by atoms with Gasteiger partial charge in [0.25, 0.3) is 5.91 Å². The van der Waals surface area contributed by atoms with Gasteiger partial charge in [-0.05, 0) is 97.1 Å². The first-order chi connectivity index (χ1) is 15.4. The summed E-state index contributed by atoms with van der Waals surface area (Å²) in [6, 6.07) is 12.6. The van der Waals surface area contributed by atoms with Crippen LogP contribution >= 0.6 is 11.6 Å². The Morgan fingerprint density at radius 3 is 2.31 bits per heavy atom.